The molecule has 2 aromatic heterocycles. The molecular weight excluding hydrogens is 254 g/mol. The van der Waals surface area contributed by atoms with Crippen molar-refractivity contribution >= 4 is 11.3 Å². The maximum absolute atomic E-state index is 5.85. The fourth-order valence-corrected chi connectivity index (χ4v) is 4.10. The lowest BCUT2D eigenvalue weighted by Crippen LogP contribution is -2.34. The van der Waals surface area contributed by atoms with Gasteiger partial charge in [-0.3, -0.25) is 16.3 Å². The molecule has 0 saturated carbocycles. The first-order chi connectivity index (χ1) is 9.31. The number of pyridine rings is 1. The van der Waals surface area contributed by atoms with E-state index in [2.05, 4.69) is 34.8 Å². The Balaban J connectivity index is 2.00. The molecule has 2 heterocycles. The van der Waals surface area contributed by atoms with Crippen molar-refractivity contribution in [3.8, 4) is 0 Å². The van der Waals surface area contributed by atoms with Crippen molar-refractivity contribution in [1.29, 1.82) is 0 Å². The maximum atomic E-state index is 5.85. The van der Waals surface area contributed by atoms with E-state index >= 15 is 0 Å². The summed E-state index contributed by atoms with van der Waals surface area (Å²) in [7, 11) is 0. The number of hydrogen-bond donors (Lipinski definition) is 2. The molecular formula is C15H19N3S. The predicted octanol–water partition coefficient (Wildman–Crippen LogP) is 3.08. The molecule has 3 nitrogen and oxygen atoms in total. The first kappa shape index (κ1) is 12.8. The lowest BCUT2D eigenvalue weighted by molar-refractivity contribution is 0.403. The summed E-state index contributed by atoms with van der Waals surface area (Å²) in [5.74, 6) is 6.23. The van der Waals surface area contributed by atoms with Crippen LogP contribution >= 0.6 is 11.3 Å². The fraction of sp³-hybridized carbons (Fsp3) is 0.400. The zero-order valence-corrected chi connectivity index (χ0v) is 11.9. The highest BCUT2D eigenvalue weighted by Crippen LogP contribution is 2.41. The second kappa shape index (κ2) is 5.41. The lowest BCUT2D eigenvalue weighted by Gasteiger charge is -2.31. The first-order valence-electron chi connectivity index (χ1n) is 6.75. The van der Waals surface area contributed by atoms with Gasteiger partial charge in [0.25, 0.3) is 0 Å². The number of aryl methyl sites for hydroxylation is 2. The summed E-state index contributed by atoms with van der Waals surface area (Å²) in [4.78, 5) is 5.96. The Bertz CT molecular complexity index is 564. The number of fused-ring (bicyclic) bond motifs is 1. The summed E-state index contributed by atoms with van der Waals surface area (Å²) in [6.45, 7) is 2.15. The number of nitrogens with two attached hydrogens (primary N) is 1. The van der Waals surface area contributed by atoms with Crippen LogP contribution in [0, 0.1) is 6.92 Å². The van der Waals surface area contributed by atoms with Crippen LogP contribution in [0.5, 0.6) is 0 Å². The summed E-state index contributed by atoms with van der Waals surface area (Å²) in [6.07, 6.45) is 5.40. The van der Waals surface area contributed by atoms with Gasteiger partial charge in [0.15, 0.2) is 0 Å². The third-order valence-corrected chi connectivity index (χ3v) is 5.11. The fourth-order valence-electron chi connectivity index (χ4n) is 3.05. The van der Waals surface area contributed by atoms with E-state index in [1.165, 1.54) is 28.1 Å². The quantitative estimate of drug-likeness (QED) is 0.667. The molecule has 0 fully saturated rings. The standard InChI is InChI=1S/C15H19N3S/c1-10-7-9-19-15(10)14(18-16)12-6-2-4-11-5-3-8-17-13(11)12/h3,5,7-9,12,14,18H,2,4,6,16H2,1H3. The van der Waals surface area contributed by atoms with Gasteiger partial charge in [-0.1, -0.05) is 6.07 Å². The van der Waals surface area contributed by atoms with Crippen LogP contribution in [0.2, 0.25) is 0 Å². The van der Waals surface area contributed by atoms with Gasteiger partial charge in [-0.25, -0.2) is 0 Å². The Hall–Kier alpha value is -1.23. The Kier molecular flexibility index (Phi) is 3.64. The molecule has 0 spiro atoms. The Morgan fingerprint density at radius 1 is 1.47 bits per heavy atom. The summed E-state index contributed by atoms with van der Waals surface area (Å²) >= 11 is 1.78. The van der Waals surface area contributed by atoms with Crippen LogP contribution < -0.4 is 11.3 Å². The molecule has 0 aliphatic heterocycles. The van der Waals surface area contributed by atoms with E-state index in [4.69, 9.17) is 5.84 Å². The van der Waals surface area contributed by atoms with Gasteiger partial charge in [0.1, 0.15) is 0 Å². The third-order valence-electron chi connectivity index (χ3n) is 4.00. The Morgan fingerprint density at radius 2 is 2.37 bits per heavy atom. The van der Waals surface area contributed by atoms with E-state index in [-0.39, 0.29) is 6.04 Å². The van der Waals surface area contributed by atoms with Gasteiger partial charge in [-0.15, -0.1) is 11.3 Å². The first-order valence-corrected chi connectivity index (χ1v) is 7.63. The molecule has 100 valence electrons. The van der Waals surface area contributed by atoms with Crippen LogP contribution in [0.15, 0.2) is 29.8 Å². The van der Waals surface area contributed by atoms with Gasteiger partial charge in [-0.2, -0.15) is 0 Å². The third kappa shape index (κ3) is 2.31. The zero-order chi connectivity index (χ0) is 13.2. The van der Waals surface area contributed by atoms with Crippen molar-refractivity contribution in [3.05, 3.63) is 51.5 Å². The van der Waals surface area contributed by atoms with Crippen molar-refractivity contribution in [2.45, 2.75) is 38.1 Å². The zero-order valence-electron chi connectivity index (χ0n) is 11.1. The summed E-state index contributed by atoms with van der Waals surface area (Å²) in [5.41, 5.74) is 6.95. The van der Waals surface area contributed by atoms with Crippen molar-refractivity contribution in [1.82, 2.24) is 10.4 Å². The van der Waals surface area contributed by atoms with Gasteiger partial charge < -0.3 is 0 Å². The van der Waals surface area contributed by atoms with E-state index in [9.17, 15) is 0 Å². The lowest BCUT2D eigenvalue weighted by atomic mass is 9.81. The molecule has 0 aromatic carbocycles. The van der Waals surface area contributed by atoms with Crippen LogP contribution in [0.1, 0.15) is 46.5 Å². The predicted molar refractivity (Wildman–Crippen MR) is 79.0 cm³/mol. The number of nitrogens with zero attached hydrogens (tertiary/aromatic N) is 1. The normalized spacial score (nSPS) is 20.0. The number of hydrazine groups is 1. The molecule has 0 bridgehead atoms. The van der Waals surface area contributed by atoms with Gasteiger partial charge in [0.05, 0.1) is 6.04 Å². The van der Waals surface area contributed by atoms with E-state index in [0.717, 1.165) is 12.8 Å². The minimum absolute atomic E-state index is 0.175. The number of hydrogen-bond acceptors (Lipinski definition) is 4. The molecule has 19 heavy (non-hydrogen) atoms. The molecule has 4 heteroatoms. The van der Waals surface area contributed by atoms with E-state index < -0.39 is 0 Å². The summed E-state index contributed by atoms with van der Waals surface area (Å²) in [5, 5.41) is 2.14. The SMILES string of the molecule is Cc1ccsc1C(NN)C1CCCc2cccnc21. The topological polar surface area (TPSA) is 50.9 Å². The number of aromatic nitrogens is 1. The van der Waals surface area contributed by atoms with E-state index in [1.807, 2.05) is 12.3 Å². The molecule has 2 atom stereocenters. The van der Waals surface area contributed by atoms with Gasteiger partial charge in [0, 0.05) is 22.7 Å². The number of thiophene rings is 1. The van der Waals surface area contributed by atoms with Crippen LogP contribution in [-0.4, -0.2) is 4.98 Å². The largest absolute Gasteiger partial charge is 0.271 e. The second-order valence-corrected chi connectivity index (χ2v) is 6.11. The van der Waals surface area contributed by atoms with Crippen LogP contribution in [0.3, 0.4) is 0 Å². The Labute approximate surface area is 117 Å². The highest BCUT2D eigenvalue weighted by Gasteiger charge is 2.30. The molecule has 1 aliphatic rings. The van der Waals surface area contributed by atoms with Gasteiger partial charge in [-0.05, 0) is 54.8 Å². The molecule has 0 radical (unpaired) electrons. The van der Waals surface area contributed by atoms with Crippen molar-refractivity contribution in [2.75, 3.05) is 0 Å². The van der Waals surface area contributed by atoms with E-state index in [0.29, 0.717) is 5.92 Å². The van der Waals surface area contributed by atoms with Gasteiger partial charge in [0.2, 0.25) is 0 Å². The minimum Gasteiger partial charge on any atom is -0.271 e. The molecule has 0 saturated heterocycles. The molecule has 2 unspecified atom stereocenters. The second-order valence-electron chi connectivity index (χ2n) is 5.16. The minimum atomic E-state index is 0.175. The van der Waals surface area contributed by atoms with Crippen LogP contribution in [-0.2, 0) is 6.42 Å². The molecule has 0 amide bonds. The van der Waals surface area contributed by atoms with Gasteiger partial charge >= 0.3 is 0 Å². The highest BCUT2D eigenvalue weighted by molar-refractivity contribution is 7.10. The van der Waals surface area contributed by atoms with Crippen molar-refractivity contribution in [2.24, 2.45) is 5.84 Å². The summed E-state index contributed by atoms with van der Waals surface area (Å²) in [6, 6.07) is 6.56. The monoisotopic (exact) mass is 273 g/mol. The summed E-state index contributed by atoms with van der Waals surface area (Å²) < 4.78 is 0. The molecule has 3 N–H and O–H groups in total. The molecule has 3 rings (SSSR count). The Morgan fingerprint density at radius 3 is 3.11 bits per heavy atom. The van der Waals surface area contributed by atoms with Crippen LogP contribution in [0.4, 0.5) is 0 Å². The average molecular weight is 273 g/mol. The van der Waals surface area contributed by atoms with E-state index in [1.54, 1.807) is 11.3 Å². The average Bonchev–Trinajstić information content (AvgIpc) is 2.86. The smallest absolute Gasteiger partial charge is 0.0639 e. The van der Waals surface area contributed by atoms with Crippen molar-refractivity contribution < 1.29 is 0 Å². The highest BCUT2D eigenvalue weighted by atomic mass is 32.1. The molecule has 2 aromatic rings. The maximum Gasteiger partial charge on any atom is 0.0639 e. The molecule has 1 aliphatic carbocycles. The number of rotatable bonds is 3. The number of nitrogens with one attached hydrogen (secondary N) is 1. The van der Waals surface area contributed by atoms with Crippen LogP contribution in [0.25, 0.3) is 0 Å². The van der Waals surface area contributed by atoms with Crippen molar-refractivity contribution in [3.63, 3.8) is 0 Å².